The molecule has 2 atom stereocenters. The van der Waals surface area contributed by atoms with Gasteiger partial charge in [-0.2, -0.15) is 0 Å². The molecule has 0 unspecified atom stereocenters. The largest absolute Gasteiger partial charge is 0.497 e. The van der Waals surface area contributed by atoms with Gasteiger partial charge >= 0.3 is 5.97 Å². The molecule has 1 aliphatic rings. The smallest absolute Gasteiger partial charge is 0.338 e. The maximum atomic E-state index is 13.8. The number of halogens is 1. The molecule has 0 aliphatic carbocycles. The predicted octanol–water partition coefficient (Wildman–Crippen LogP) is 4.64. The van der Waals surface area contributed by atoms with Gasteiger partial charge in [0.2, 0.25) is 5.54 Å². The van der Waals surface area contributed by atoms with E-state index >= 15 is 0 Å². The molecule has 2 aromatic carbocycles. The second kappa shape index (κ2) is 10.7. The number of ether oxygens (including phenoxy) is 3. The number of hydrogen-bond acceptors (Lipinski definition) is 6. The van der Waals surface area contributed by atoms with Crippen LogP contribution in [0.25, 0.3) is 0 Å². The summed E-state index contributed by atoms with van der Waals surface area (Å²) in [7, 11) is 0.471. The van der Waals surface area contributed by atoms with E-state index in [4.69, 9.17) is 18.6 Å². The van der Waals surface area contributed by atoms with Gasteiger partial charge in [-0.1, -0.05) is 52.8 Å². The number of rotatable bonds is 10. The summed E-state index contributed by atoms with van der Waals surface area (Å²) in [6, 6.07) is 16.5. The maximum Gasteiger partial charge on any atom is 0.338 e. The Morgan fingerprint density at radius 2 is 1.71 bits per heavy atom. The van der Waals surface area contributed by atoms with E-state index in [9.17, 15) is 9.59 Å². The number of anilines is 1. The summed E-state index contributed by atoms with van der Waals surface area (Å²) in [5, 5.41) is 0. The number of nitrogens with zero attached hydrogens (tertiary/aromatic N) is 1. The number of amides is 1. The predicted molar refractivity (Wildman–Crippen MR) is 141 cm³/mol. The topological polar surface area (TPSA) is 74.3 Å². The molecule has 1 amide bonds. The maximum absolute atomic E-state index is 13.8. The number of alkyl halides is 1. The summed E-state index contributed by atoms with van der Waals surface area (Å²) in [6.07, 6.45) is 0. The Labute approximate surface area is 216 Å². The highest BCUT2D eigenvalue weighted by Gasteiger charge is 2.70. The van der Waals surface area contributed by atoms with Gasteiger partial charge < -0.3 is 18.6 Å². The lowest BCUT2D eigenvalue weighted by molar-refractivity contribution is -0.158. The molecule has 1 fully saturated rings. The molecule has 2 aromatic rings. The van der Waals surface area contributed by atoms with Crippen LogP contribution in [0.1, 0.15) is 12.5 Å². The minimum absolute atomic E-state index is 0.158. The van der Waals surface area contributed by atoms with E-state index < -0.39 is 31.3 Å². The second-order valence-electron chi connectivity index (χ2n) is 9.18. The van der Waals surface area contributed by atoms with E-state index in [-0.39, 0.29) is 18.8 Å². The fourth-order valence-corrected chi connectivity index (χ4v) is 6.17. The van der Waals surface area contributed by atoms with Gasteiger partial charge in [0.1, 0.15) is 11.4 Å². The molecule has 1 heterocycles. The van der Waals surface area contributed by atoms with Gasteiger partial charge in [0.25, 0.3) is 5.91 Å². The minimum Gasteiger partial charge on any atom is -0.497 e. The molecule has 188 valence electrons. The average molecular weight is 563 g/mol. The molecule has 1 aliphatic heterocycles. The Morgan fingerprint density at radius 3 is 2.26 bits per heavy atom. The van der Waals surface area contributed by atoms with E-state index in [1.165, 1.54) is 12.0 Å². The fraction of sp³-hybridized carbons (Fsp3) is 0.385. The van der Waals surface area contributed by atoms with Crippen molar-refractivity contribution in [2.24, 2.45) is 0 Å². The van der Waals surface area contributed by atoms with Crippen molar-refractivity contribution >= 4 is 41.8 Å². The molecule has 0 spiro atoms. The first-order valence-electron chi connectivity index (χ1n) is 11.2. The van der Waals surface area contributed by atoms with Crippen LogP contribution in [0.3, 0.4) is 0 Å². The molecule has 0 N–H and O–H groups in total. The van der Waals surface area contributed by atoms with Crippen LogP contribution in [0.4, 0.5) is 5.69 Å². The number of carbonyl (C=O) groups is 2. The lowest BCUT2D eigenvalue weighted by atomic mass is 9.79. The number of benzene rings is 2. The Kier molecular flexibility index (Phi) is 8.26. The molecule has 3 rings (SSSR count). The van der Waals surface area contributed by atoms with Crippen molar-refractivity contribution in [2.75, 3.05) is 30.7 Å². The second-order valence-corrected chi connectivity index (χ2v) is 14.8. The summed E-state index contributed by atoms with van der Waals surface area (Å²) >= 11 is 3.54. The third-order valence-corrected chi connectivity index (χ3v) is 11.9. The Bertz CT molecular complexity index is 1080. The zero-order valence-corrected chi connectivity index (χ0v) is 23.4. The van der Waals surface area contributed by atoms with Crippen molar-refractivity contribution in [2.45, 2.75) is 37.8 Å². The molecule has 0 aromatic heterocycles. The van der Waals surface area contributed by atoms with Crippen LogP contribution in [-0.2, 0) is 30.1 Å². The Balaban J connectivity index is 2.17. The van der Waals surface area contributed by atoms with Gasteiger partial charge in [0.15, 0.2) is 8.32 Å². The zero-order chi connectivity index (χ0) is 25.9. The fourth-order valence-electron chi connectivity index (χ4n) is 4.38. The van der Waals surface area contributed by atoms with Gasteiger partial charge in [0.05, 0.1) is 27.4 Å². The first kappa shape index (κ1) is 27.1. The van der Waals surface area contributed by atoms with Gasteiger partial charge in [-0.25, -0.2) is 4.79 Å². The molecule has 35 heavy (non-hydrogen) atoms. The van der Waals surface area contributed by atoms with E-state index in [0.717, 1.165) is 5.56 Å². The molecule has 0 bridgehead atoms. The molecule has 9 heteroatoms. The summed E-state index contributed by atoms with van der Waals surface area (Å²) < 4.78 is 23.4. The Morgan fingerprint density at radius 1 is 1.09 bits per heavy atom. The highest BCUT2D eigenvalue weighted by molar-refractivity contribution is 9.09. The highest BCUT2D eigenvalue weighted by Crippen LogP contribution is 2.49. The van der Waals surface area contributed by atoms with Gasteiger partial charge in [-0.15, -0.1) is 0 Å². The third-order valence-electron chi connectivity index (χ3n) is 6.29. The third kappa shape index (κ3) is 4.95. The van der Waals surface area contributed by atoms with Crippen molar-refractivity contribution < 1.29 is 28.2 Å². The van der Waals surface area contributed by atoms with Crippen molar-refractivity contribution in [3.8, 4) is 5.75 Å². The van der Waals surface area contributed by atoms with Crippen molar-refractivity contribution in [1.29, 1.82) is 0 Å². The molecule has 0 radical (unpaired) electrons. The quantitative estimate of drug-likeness (QED) is 0.182. The molecular formula is C26H32BrNO6Si. The SMILES string of the molecule is C=C1C(=O)N(c2ccc(OC)cc2)[C@@](COCc2ccccc2)(C(=O)OC)[C@@]1(C)O[Si](C)(C)CBr. The average Bonchev–Trinajstić information content (AvgIpc) is 3.02. The summed E-state index contributed by atoms with van der Waals surface area (Å²) in [5.74, 6) is -0.448. The van der Waals surface area contributed by atoms with E-state index in [1.807, 2.05) is 43.4 Å². The van der Waals surface area contributed by atoms with Crippen LogP contribution < -0.4 is 9.64 Å². The number of methoxy groups -OCH3 is 2. The monoisotopic (exact) mass is 561 g/mol. The van der Waals surface area contributed by atoms with Crippen LogP contribution >= 0.6 is 15.9 Å². The summed E-state index contributed by atoms with van der Waals surface area (Å²) in [6.45, 7) is 9.93. The summed E-state index contributed by atoms with van der Waals surface area (Å²) in [4.78, 5) is 29.5. The van der Waals surface area contributed by atoms with Crippen LogP contribution in [-0.4, -0.2) is 57.1 Å². The van der Waals surface area contributed by atoms with E-state index in [1.54, 1.807) is 38.3 Å². The minimum atomic E-state index is -2.39. The summed E-state index contributed by atoms with van der Waals surface area (Å²) in [5.41, 5.74) is -1.47. The molecule has 0 saturated carbocycles. The highest BCUT2D eigenvalue weighted by atomic mass is 79.9. The van der Waals surface area contributed by atoms with E-state index in [0.29, 0.717) is 16.4 Å². The first-order chi connectivity index (χ1) is 16.6. The van der Waals surface area contributed by atoms with Crippen LogP contribution in [0.2, 0.25) is 13.1 Å². The van der Waals surface area contributed by atoms with Gasteiger partial charge in [-0.3, -0.25) is 9.69 Å². The number of carbonyl (C=O) groups excluding carboxylic acids is 2. The van der Waals surface area contributed by atoms with Gasteiger partial charge in [-0.05, 0) is 49.8 Å². The van der Waals surface area contributed by atoms with Crippen molar-refractivity contribution in [3.63, 3.8) is 0 Å². The van der Waals surface area contributed by atoms with E-state index in [2.05, 4.69) is 22.5 Å². The zero-order valence-electron chi connectivity index (χ0n) is 20.8. The lowest BCUT2D eigenvalue weighted by Crippen LogP contribution is -2.69. The van der Waals surface area contributed by atoms with Crippen LogP contribution in [0, 0.1) is 0 Å². The van der Waals surface area contributed by atoms with Crippen LogP contribution in [0.15, 0.2) is 66.7 Å². The van der Waals surface area contributed by atoms with Gasteiger partial charge in [0, 0.05) is 16.2 Å². The molecule has 1 saturated heterocycles. The van der Waals surface area contributed by atoms with Crippen molar-refractivity contribution in [3.05, 3.63) is 72.3 Å². The number of hydrogen-bond donors (Lipinski definition) is 0. The normalized spacial score (nSPS) is 22.4. The first-order valence-corrected chi connectivity index (χ1v) is 15.4. The van der Waals surface area contributed by atoms with Crippen LogP contribution in [0.5, 0.6) is 5.75 Å². The lowest BCUT2D eigenvalue weighted by Gasteiger charge is -2.47. The molecule has 7 nitrogen and oxygen atoms in total. The molecular weight excluding hydrogens is 530 g/mol. The standard InChI is InChI=1S/C26H32BrNO6Si/c1-19-23(29)28(21-12-14-22(31-3)15-13-21)26(24(30)32-4,25(19,2)34-35(5,6)18-27)17-33-16-20-10-8-7-9-11-20/h7-15H,1,16-18H2,2-6H3/t25-,26-/m0/s1. The number of esters is 1. The van der Waals surface area contributed by atoms with Crippen molar-refractivity contribution in [1.82, 2.24) is 0 Å². The Hall–Kier alpha value is -2.46.